The van der Waals surface area contributed by atoms with E-state index >= 15 is 0 Å². The fourth-order valence-electron chi connectivity index (χ4n) is 2.43. The minimum atomic E-state index is 0.0181. The third-order valence-corrected chi connectivity index (χ3v) is 4.03. The fraction of sp³-hybridized carbons (Fsp3) is 0.278. The second-order valence-electron chi connectivity index (χ2n) is 5.46. The van der Waals surface area contributed by atoms with Crippen molar-refractivity contribution in [1.82, 2.24) is 5.32 Å². The van der Waals surface area contributed by atoms with Crippen molar-refractivity contribution in [2.45, 2.75) is 33.2 Å². The lowest BCUT2D eigenvalue weighted by atomic mass is 10.00. The molecule has 21 heavy (non-hydrogen) atoms. The van der Waals surface area contributed by atoms with Crippen LogP contribution in [0.4, 0.5) is 0 Å². The minimum absolute atomic E-state index is 0.0181. The SMILES string of the molecule is Cc1ccc(C)c(C(C)NC(=O)Cc2cccc(Br)c2)c1. The lowest BCUT2D eigenvalue weighted by molar-refractivity contribution is -0.121. The second-order valence-corrected chi connectivity index (χ2v) is 6.37. The first-order valence-electron chi connectivity index (χ1n) is 7.06. The van der Waals surface area contributed by atoms with Gasteiger partial charge in [-0.2, -0.15) is 0 Å². The number of hydrogen-bond acceptors (Lipinski definition) is 1. The van der Waals surface area contributed by atoms with Crippen molar-refractivity contribution in [3.63, 3.8) is 0 Å². The molecule has 0 bridgehead atoms. The number of rotatable bonds is 4. The van der Waals surface area contributed by atoms with Crippen LogP contribution in [0.1, 0.15) is 35.2 Å². The van der Waals surface area contributed by atoms with Crippen LogP contribution in [0.25, 0.3) is 0 Å². The number of amides is 1. The van der Waals surface area contributed by atoms with E-state index in [0.717, 1.165) is 10.0 Å². The van der Waals surface area contributed by atoms with Crippen molar-refractivity contribution in [2.24, 2.45) is 0 Å². The highest BCUT2D eigenvalue weighted by atomic mass is 79.9. The molecule has 1 amide bonds. The third kappa shape index (κ3) is 4.43. The van der Waals surface area contributed by atoms with Gasteiger partial charge in [0.05, 0.1) is 12.5 Å². The van der Waals surface area contributed by atoms with E-state index in [1.165, 1.54) is 16.7 Å². The molecule has 0 heterocycles. The highest BCUT2D eigenvalue weighted by molar-refractivity contribution is 9.10. The van der Waals surface area contributed by atoms with Gasteiger partial charge in [0.1, 0.15) is 0 Å². The molecule has 0 aliphatic heterocycles. The van der Waals surface area contributed by atoms with E-state index in [9.17, 15) is 4.79 Å². The predicted octanol–water partition coefficient (Wildman–Crippen LogP) is 4.49. The highest BCUT2D eigenvalue weighted by Crippen LogP contribution is 2.19. The number of carbonyl (C=O) groups is 1. The average molecular weight is 346 g/mol. The molecule has 2 rings (SSSR count). The maximum Gasteiger partial charge on any atom is 0.224 e. The molecule has 0 radical (unpaired) electrons. The summed E-state index contributed by atoms with van der Waals surface area (Å²) in [4.78, 5) is 12.2. The Kier molecular flexibility index (Phi) is 5.18. The third-order valence-electron chi connectivity index (χ3n) is 3.53. The van der Waals surface area contributed by atoms with E-state index in [-0.39, 0.29) is 11.9 Å². The molecule has 0 saturated heterocycles. The highest BCUT2D eigenvalue weighted by Gasteiger charge is 2.12. The van der Waals surface area contributed by atoms with E-state index in [4.69, 9.17) is 0 Å². The maximum absolute atomic E-state index is 12.2. The van der Waals surface area contributed by atoms with Gasteiger partial charge in [-0.3, -0.25) is 4.79 Å². The molecule has 2 aromatic rings. The molecular weight excluding hydrogens is 326 g/mol. The summed E-state index contributed by atoms with van der Waals surface area (Å²) in [5, 5.41) is 3.08. The van der Waals surface area contributed by atoms with Crippen LogP contribution in [0.3, 0.4) is 0 Å². The average Bonchev–Trinajstić information content (AvgIpc) is 2.41. The smallest absolute Gasteiger partial charge is 0.224 e. The molecule has 0 aliphatic carbocycles. The van der Waals surface area contributed by atoms with Crippen LogP contribution in [0, 0.1) is 13.8 Å². The van der Waals surface area contributed by atoms with E-state index in [1.54, 1.807) is 0 Å². The zero-order valence-electron chi connectivity index (χ0n) is 12.6. The largest absolute Gasteiger partial charge is 0.349 e. The fourth-order valence-corrected chi connectivity index (χ4v) is 2.88. The molecule has 1 atom stereocenters. The molecule has 0 saturated carbocycles. The standard InChI is InChI=1S/C18H20BrNO/c1-12-7-8-13(2)17(9-12)14(3)20-18(21)11-15-5-4-6-16(19)10-15/h4-10,14H,11H2,1-3H3,(H,20,21). The van der Waals surface area contributed by atoms with Crippen molar-refractivity contribution in [1.29, 1.82) is 0 Å². The number of hydrogen-bond donors (Lipinski definition) is 1. The van der Waals surface area contributed by atoms with Gasteiger partial charge in [0, 0.05) is 4.47 Å². The number of benzene rings is 2. The molecular formula is C18H20BrNO. The Morgan fingerprint density at radius 3 is 2.67 bits per heavy atom. The topological polar surface area (TPSA) is 29.1 Å². The monoisotopic (exact) mass is 345 g/mol. The molecule has 2 aromatic carbocycles. The quantitative estimate of drug-likeness (QED) is 0.869. The summed E-state index contributed by atoms with van der Waals surface area (Å²) in [5.74, 6) is 0.0431. The first-order valence-corrected chi connectivity index (χ1v) is 7.86. The van der Waals surface area contributed by atoms with Crippen LogP contribution < -0.4 is 5.32 Å². The summed E-state index contributed by atoms with van der Waals surface area (Å²) in [5.41, 5.74) is 4.60. The first-order chi connectivity index (χ1) is 9.95. The number of aryl methyl sites for hydroxylation is 2. The summed E-state index contributed by atoms with van der Waals surface area (Å²) in [6.45, 7) is 6.17. The van der Waals surface area contributed by atoms with Gasteiger partial charge in [-0.05, 0) is 49.6 Å². The Bertz CT molecular complexity index is 651. The van der Waals surface area contributed by atoms with Crippen LogP contribution in [0.5, 0.6) is 0 Å². The van der Waals surface area contributed by atoms with E-state index in [1.807, 2.05) is 31.2 Å². The lowest BCUT2D eigenvalue weighted by Crippen LogP contribution is -2.28. The van der Waals surface area contributed by atoms with Gasteiger partial charge in [-0.15, -0.1) is 0 Å². The number of halogens is 1. The van der Waals surface area contributed by atoms with Crippen LogP contribution in [-0.4, -0.2) is 5.91 Å². The summed E-state index contributed by atoms with van der Waals surface area (Å²) in [7, 11) is 0. The summed E-state index contributed by atoms with van der Waals surface area (Å²) < 4.78 is 0.996. The Morgan fingerprint density at radius 1 is 1.19 bits per heavy atom. The van der Waals surface area contributed by atoms with Gasteiger partial charge in [0.25, 0.3) is 0 Å². The van der Waals surface area contributed by atoms with Gasteiger partial charge in [-0.25, -0.2) is 0 Å². The van der Waals surface area contributed by atoms with E-state index in [2.05, 4.69) is 53.3 Å². The first kappa shape index (κ1) is 15.8. The van der Waals surface area contributed by atoms with E-state index in [0.29, 0.717) is 6.42 Å². The van der Waals surface area contributed by atoms with Gasteiger partial charge < -0.3 is 5.32 Å². The second kappa shape index (κ2) is 6.90. The molecule has 0 fully saturated rings. The van der Waals surface area contributed by atoms with Crippen LogP contribution in [-0.2, 0) is 11.2 Å². The van der Waals surface area contributed by atoms with Gasteiger partial charge in [-0.1, -0.05) is 51.8 Å². The van der Waals surface area contributed by atoms with Crippen molar-refractivity contribution >= 4 is 21.8 Å². The Hall–Kier alpha value is -1.61. The zero-order valence-corrected chi connectivity index (χ0v) is 14.2. The summed E-state index contributed by atoms with van der Waals surface area (Å²) in [6, 6.07) is 14.2. The van der Waals surface area contributed by atoms with Gasteiger partial charge >= 0.3 is 0 Å². The molecule has 1 N–H and O–H groups in total. The van der Waals surface area contributed by atoms with Crippen molar-refractivity contribution in [2.75, 3.05) is 0 Å². The summed E-state index contributed by atoms with van der Waals surface area (Å²) >= 11 is 3.43. The molecule has 3 heteroatoms. The summed E-state index contributed by atoms with van der Waals surface area (Å²) in [6.07, 6.45) is 0.397. The van der Waals surface area contributed by atoms with Gasteiger partial charge in [0.15, 0.2) is 0 Å². The number of nitrogens with one attached hydrogen (secondary N) is 1. The van der Waals surface area contributed by atoms with Crippen molar-refractivity contribution < 1.29 is 4.79 Å². The normalized spacial score (nSPS) is 12.0. The molecule has 1 unspecified atom stereocenters. The molecule has 0 spiro atoms. The predicted molar refractivity (Wildman–Crippen MR) is 90.3 cm³/mol. The molecule has 2 nitrogen and oxygen atoms in total. The minimum Gasteiger partial charge on any atom is -0.349 e. The Morgan fingerprint density at radius 2 is 1.95 bits per heavy atom. The zero-order chi connectivity index (χ0) is 15.4. The van der Waals surface area contributed by atoms with Crippen molar-refractivity contribution in [3.8, 4) is 0 Å². The van der Waals surface area contributed by atoms with E-state index < -0.39 is 0 Å². The Balaban J connectivity index is 2.03. The van der Waals surface area contributed by atoms with Crippen LogP contribution in [0.2, 0.25) is 0 Å². The van der Waals surface area contributed by atoms with Gasteiger partial charge in [0.2, 0.25) is 5.91 Å². The lowest BCUT2D eigenvalue weighted by Gasteiger charge is -2.17. The molecule has 0 aliphatic rings. The molecule has 0 aromatic heterocycles. The Labute approximate surface area is 134 Å². The van der Waals surface area contributed by atoms with Crippen LogP contribution >= 0.6 is 15.9 Å². The number of carbonyl (C=O) groups excluding carboxylic acids is 1. The van der Waals surface area contributed by atoms with Crippen molar-refractivity contribution in [3.05, 3.63) is 69.2 Å². The maximum atomic E-state index is 12.2. The van der Waals surface area contributed by atoms with Crippen LogP contribution in [0.15, 0.2) is 46.9 Å². The molecule has 110 valence electrons.